The van der Waals surface area contributed by atoms with Crippen molar-refractivity contribution in [2.24, 2.45) is 0 Å². The highest BCUT2D eigenvalue weighted by molar-refractivity contribution is 5.86. The van der Waals surface area contributed by atoms with E-state index >= 15 is 0 Å². The highest BCUT2D eigenvalue weighted by Gasteiger charge is 2.23. The Balaban J connectivity index is 1.89. The van der Waals surface area contributed by atoms with Gasteiger partial charge in [-0.05, 0) is 38.1 Å². The summed E-state index contributed by atoms with van der Waals surface area (Å²) in [5, 5.41) is 15.1. The monoisotopic (exact) mass is 373 g/mol. The van der Waals surface area contributed by atoms with Gasteiger partial charge in [0.1, 0.15) is 22.9 Å². The van der Waals surface area contributed by atoms with Crippen LogP contribution in [0.3, 0.4) is 0 Å². The minimum atomic E-state index is -0.623. The van der Waals surface area contributed by atoms with E-state index in [2.05, 4.69) is 15.3 Å². The first kappa shape index (κ1) is 17.9. The van der Waals surface area contributed by atoms with Crippen molar-refractivity contribution in [2.45, 2.75) is 19.9 Å². The Labute approximate surface area is 162 Å². The molecule has 0 radical (unpaired) electrons. The molecule has 4 rings (SSSR count). The van der Waals surface area contributed by atoms with Crippen LogP contribution in [-0.2, 0) is 0 Å². The summed E-state index contributed by atoms with van der Waals surface area (Å²) in [6, 6.07) is 19.0. The van der Waals surface area contributed by atoms with E-state index in [0.717, 1.165) is 16.8 Å². The molecular formula is C23H20FN3O. The fraction of sp³-hybridized carbons (Fsp3) is 0.130. The molecule has 0 amide bonds. The Hall–Kier alpha value is -3.47. The summed E-state index contributed by atoms with van der Waals surface area (Å²) in [4.78, 5) is 8.94. The number of aromatic hydroxyl groups is 1. The van der Waals surface area contributed by atoms with E-state index in [-0.39, 0.29) is 11.6 Å². The largest absolute Gasteiger partial charge is 0.505 e. The van der Waals surface area contributed by atoms with Crippen molar-refractivity contribution < 1.29 is 9.50 Å². The predicted octanol–water partition coefficient (Wildman–Crippen LogP) is 5.29. The molecule has 0 spiro atoms. The summed E-state index contributed by atoms with van der Waals surface area (Å²) in [6.07, 6.45) is 0. The summed E-state index contributed by atoms with van der Waals surface area (Å²) >= 11 is 0. The summed E-state index contributed by atoms with van der Waals surface area (Å²) in [5.41, 5.74) is 3.11. The highest BCUT2D eigenvalue weighted by atomic mass is 19.1. The molecule has 140 valence electrons. The van der Waals surface area contributed by atoms with Crippen LogP contribution in [0.5, 0.6) is 5.75 Å². The first-order valence-corrected chi connectivity index (χ1v) is 9.07. The maximum absolute atomic E-state index is 14.7. The summed E-state index contributed by atoms with van der Waals surface area (Å²) in [5.74, 6) is 0.281. The van der Waals surface area contributed by atoms with Crippen molar-refractivity contribution in [1.82, 2.24) is 9.97 Å². The molecule has 2 N–H and O–H groups in total. The van der Waals surface area contributed by atoms with Gasteiger partial charge in [0.25, 0.3) is 0 Å². The number of anilines is 1. The number of nitrogens with zero attached hydrogens (tertiary/aromatic N) is 2. The number of phenolic OH excluding ortho intramolecular Hbond substituents is 1. The number of aryl methyl sites for hydroxylation is 2. The molecule has 4 nitrogen and oxygen atoms in total. The third kappa shape index (κ3) is 3.39. The number of nitrogens with one attached hydrogen (secondary N) is 1. The molecule has 0 aliphatic carbocycles. The van der Waals surface area contributed by atoms with Gasteiger partial charge in [0, 0.05) is 27.9 Å². The fourth-order valence-electron chi connectivity index (χ4n) is 3.32. The van der Waals surface area contributed by atoms with Crippen LogP contribution in [-0.4, -0.2) is 15.1 Å². The van der Waals surface area contributed by atoms with Crippen molar-refractivity contribution in [3.8, 4) is 5.75 Å². The number of aromatic nitrogens is 2. The number of rotatable bonds is 4. The Morgan fingerprint density at radius 1 is 0.821 bits per heavy atom. The van der Waals surface area contributed by atoms with Gasteiger partial charge in [-0.3, -0.25) is 0 Å². The molecule has 4 aromatic rings. The number of phenols is 1. The van der Waals surface area contributed by atoms with Gasteiger partial charge in [0.2, 0.25) is 0 Å². The molecule has 2 aromatic carbocycles. The molecule has 0 saturated heterocycles. The van der Waals surface area contributed by atoms with Crippen molar-refractivity contribution in [3.05, 3.63) is 95.1 Å². The van der Waals surface area contributed by atoms with Gasteiger partial charge in [-0.15, -0.1) is 0 Å². The Kier molecular flexibility index (Phi) is 4.65. The van der Waals surface area contributed by atoms with Gasteiger partial charge in [-0.25, -0.2) is 14.4 Å². The molecule has 1 atom stereocenters. The Morgan fingerprint density at radius 2 is 1.57 bits per heavy atom. The van der Waals surface area contributed by atoms with Crippen LogP contribution in [0.2, 0.25) is 0 Å². The molecular weight excluding hydrogens is 353 g/mol. The average molecular weight is 373 g/mol. The van der Waals surface area contributed by atoms with Crippen LogP contribution >= 0.6 is 0 Å². The lowest BCUT2D eigenvalue weighted by Crippen LogP contribution is -2.15. The molecule has 0 aliphatic heterocycles. The van der Waals surface area contributed by atoms with Gasteiger partial charge < -0.3 is 10.4 Å². The summed E-state index contributed by atoms with van der Waals surface area (Å²) in [7, 11) is 0. The average Bonchev–Trinajstić information content (AvgIpc) is 2.68. The normalized spacial score (nSPS) is 12.1. The van der Waals surface area contributed by atoms with E-state index < -0.39 is 6.04 Å². The van der Waals surface area contributed by atoms with Gasteiger partial charge in [-0.2, -0.15) is 0 Å². The lowest BCUT2D eigenvalue weighted by atomic mass is 9.95. The van der Waals surface area contributed by atoms with Crippen molar-refractivity contribution in [3.63, 3.8) is 0 Å². The third-order valence-electron chi connectivity index (χ3n) is 4.71. The standard InChI is InChI=1S/C23H20FN3O/c1-14-6-5-9-20(25-14)27-22(17-7-3-4-8-19(17)24)18-13-12-16-11-10-15(2)26-21(16)23(18)28/h3-13,22,28H,1-2H3,(H,25,27)/t22-/m1/s1. The minimum absolute atomic E-state index is 0.0367. The third-order valence-corrected chi connectivity index (χ3v) is 4.71. The fourth-order valence-corrected chi connectivity index (χ4v) is 3.32. The van der Waals surface area contributed by atoms with E-state index in [1.54, 1.807) is 24.3 Å². The zero-order chi connectivity index (χ0) is 19.7. The molecule has 0 aliphatic rings. The summed E-state index contributed by atoms with van der Waals surface area (Å²) in [6.45, 7) is 3.76. The lowest BCUT2D eigenvalue weighted by Gasteiger charge is -2.22. The van der Waals surface area contributed by atoms with Crippen LogP contribution in [0, 0.1) is 19.7 Å². The van der Waals surface area contributed by atoms with Crippen molar-refractivity contribution in [1.29, 1.82) is 0 Å². The number of hydrogen-bond acceptors (Lipinski definition) is 4. The maximum Gasteiger partial charge on any atom is 0.147 e. The zero-order valence-electron chi connectivity index (χ0n) is 15.6. The molecule has 0 unspecified atom stereocenters. The SMILES string of the molecule is Cc1cccc(N[C@H](c2ccccc2F)c2ccc3ccc(C)nc3c2O)n1. The van der Waals surface area contributed by atoms with E-state index in [0.29, 0.717) is 22.5 Å². The number of halogens is 1. The number of pyridine rings is 2. The van der Waals surface area contributed by atoms with Gasteiger partial charge in [0.05, 0.1) is 6.04 Å². The predicted molar refractivity (Wildman–Crippen MR) is 109 cm³/mol. The number of benzene rings is 2. The quantitative estimate of drug-likeness (QED) is 0.510. The zero-order valence-corrected chi connectivity index (χ0v) is 15.6. The second-order valence-corrected chi connectivity index (χ2v) is 6.79. The van der Waals surface area contributed by atoms with Gasteiger partial charge >= 0.3 is 0 Å². The molecule has 0 fully saturated rings. The Morgan fingerprint density at radius 3 is 2.36 bits per heavy atom. The molecule has 2 aromatic heterocycles. The minimum Gasteiger partial charge on any atom is -0.505 e. The smallest absolute Gasteiger partial charge is 0.147 e. The van der Waals surface area contributed by atoms with Crippen molar-refractivity contribution >= 4 is 16.7 Å². The van der Waals surface area contributed by atoms with E-state index in [4.69, 9.17) is 0 Å². The van der Waals surface area contributed by atoms with Crippen LogP contribution in [0.25, 0.3) is 10.9 Å². The number of hydrogen-bond donors (Lipinski definition) is 2. The van der Waals surface area contributed by atoms with Gasteiger partial charge in [-0.1, -0.05) is 42.5 Å². The van der Waals surface area contributed by atoms with Crippen LogP contribution in [0.15, 0.2) is 66.7 Å². The summed E-state index contributed by atoms with van der Waals surface area (Å²) < 4.78 is 14.7. The first-order chi connectivity index (χ1) is 13.5. The van der Waals surface area contributed by atoms with Crippen molar-refractivity contribution in [2.75, 3.05) is 5.32 Å². The highest BCUT2D eigenvalue weighted by Crippen LogP contribution is 2.37. The van der Waals surface area contributed by atoms with Crippen LogP contribution in [0.1, 0.15) is 28.6 Å². The molecule has 0 saturated carbocycles. The molecule has 28 heavy (non-hydrogen) atoms. The topological polar surface area (TPSA) is 58.0 Å². The lowest BCUT2D eigenvalue weighted by molar-refractivity contribution is 0.470. The van der Waals surface area contributed by atoms with Gasteiger partial charge in [0.15, 0.2) is 0 Å². The van der Waals surface area contributed by atoms with E-state index in [1.807, 2.05) is 50.2 Å². The second kappa shape index (κ2) is 7.27. The maximum atomic E-state index is 14.7. The van der Waals surface area contributed by atoms with Crippen LogP contribution < -0.4 is 5.32 Å². The van der Waals surface area contributed by atoms with E-state index in [9.17, 15) is 9.50 Å². The van der Waals surface area contributed by atoms with E-state index in [1.165, 1.54) is 6.07 Å². The van der Waals surface area contributed by atoms with Crippen LogP contribution in [0.4, 0.5) is 10.2 Å². The first-order valence-electron chi connectivity index (χ1n) is 9.07. The number of fused-ring (bicyclic) bond motifs is 1. The Bertz CT molecular complexity index is 1160. The molecule has 5 heteroatoms. The molecule has 0 bridgehead atoms. The second-order valence-electron chi connectivity index (χ2n) is 6.79. The molecule has 2 heterocycles.